The molecule has 14 heavy (non-hydrogen) atoms. The number of carbonyl (C=O) groups excluding carboxylic acids is 1. The number of ether oxygens (including phenoxy) is 1. The summed E-state index contributed by atoms with van der Waals surface area (Å²) in [5, 5.41) is 2.73. The second kappa shape index (κ2) is 8.14. The molecule has 0 heterocycles. The third-order valence-corrected chi connectivity index (χ3v) is 1.79. The zero-order chi connectivity index (χ0) is 11.0. The molecular formula is C8H18BNO3S. The van der Waals surface area contributed by atoms with E-state index >= 15 is 0 Å². The van der Waals surface area contributed by atoms with E-state index in [0.717, 1.165) is 0 Å². The van der Waals surface area contributed by atoms with Crippen LogP contribution in [0.2, 0.25) is 6.32 Å². The third-order valence-electron chi connectivity index (χ3n) is 1.42. The highest BCUT2D eigenvalue weighted by Gasteiger charge is 2.13. The summed E-state index contributed by atoms with van der Waals surface area (Å²) >= 11 is 1.26. The number of amides is 1. The highest BCUT2D eigenvalue weighted by Crippen LogP contribution is 2.01. The van der Waals surface area contributed by atoms with Crippen LogP contribution in [-0.4, -0.2) is 38.9 Å². The number of nitrogens with one attached hydrogen (secondary N) is 1. The molecule has 0 bridgehead atoms. The molecule has 82 valence electrons. The second-order valence-corrected chi connectivity index (χ2v) is 3.61. The lowest BCUT2D eigenvalue weighted by molar-refractivity contribution is -0.125. The van der Waals surface area contributed by atoms with E-state index in [9.17, 15) is 4.79 Å². The van der Waals surface area contributed by atoms with Crippen LogP contribution < -0.4 is 5.32 Å². The molecular weight excluding hydrogens is 201 g/mol. The summed E-state index contributed by atoms with van der Waals surface area (Å²) in [6.45, 7) is 4.21. The van der Waals surface area contributed by atoms with E-state index < -0.39 is 0 Å². The van der Waals surface area contributed by atoms with Gasteiger partial charge in [-0.2, -0.15) is 0 Å². The van der Waals surface area contributed by atoms with Gasteiger partial charge in [-0.05, 0) is 32.2 Å². The zero-order valence-electron chi connectivity index (χ0n) is 9.20. The Morgan fingerprint density at radius 1 is 1.57 bits per heavy atom. The molecule has 1 unspecified atom stereocenters. The molecule has 0 rings (SSSR count). The monoisotopic (exact) mass is 219 g/mol. The number of hydrogen-bond donors (Lipinski definition) is 1. The first-order valence-electron chi connectivity index (χ1n) is 4.70. The molecule has 0 aliphatic heterocycles. The minimum Gasteiger partial charge on any atom is -0.353 e. The van der Waals surface area contributed by atoms with Crippen LogP contribution in [0.1, 0.15) is 13.8 Å². The summed E-state index contributed by atoms with van der Waals surface area (Å²) in [5.74, 6) is -0.0275. The fourth-order valence-electron chi connectivity index (χ4n) is 0.855. The molecule has 0 aliphatic carbocycles. The van der Waals surface area contributed by atoms with Crippen molar-refractivity contribution in [3.05, 3.63) is 0 Å². The molecule has 1 N–H and O–H groups in total. The van der Waals surface area contributed by atoms with Gasteiger partial charge in [0.2, 0.25) is 5.91 Å². The van der Waals surface area contributed by atoms with Crippen molar-refractivity contribution < 1.29 is 13.7 Å². The molecule has 0 aromatic rings. The highest BCUT2D eigenvalue weighted by molar-refractivity contribution is 7.93. The van der Waals surface area contributed by atoms with E-state index in [-0.39, 0.29) is 18.2 Å². The third kappa shape index (κ3) is 7.23. The van der Waals surface area contributed by atoms with Crippen molar-refractivity contribution in [1.82, 2.24) is 5.32 Å². The fourth-order valence-corrected chi connectivity index (χ4v) is 1.11. The van der Waals surface area contributed by atoms with Crippen molar-refractivity contribution in [3.63, 3.8) is 0 Å². The van der Waals surface area contributed by atoms with Crippen LogP contribution in [0, 0.1) is 0 Å². The molecule has 0 radical (unpaired) electrons. The Morgan fingerprint density at radius 3 is 2.64 bits per heavy atom. The lowest BCUT2D eigenvalue weighted by Crippen LogP contribution is -2.41. The Hall–Kier alpha value is -0.195. The van der Waals surface area contributed by atoms with Crippen LogP contribution in [0.4, 0.5) is 0 Å². The fraction of sp³-hybridized carbons (Fsp3) is 0.875. The van der Waals surface area contributed by atoms with Gasteiger partial charge < -0.3 is 14.2 Å². The molecule has 0 spiro atoms. The minimum absolute atomic E-state index is 0.0275. The summed E-state index contributed by atoms with van der Waals surface area (Å²) in [7, 11) is 1.80. The van der Waals surface area contributed by atoms with Gasteiger partial charge in [0.1, 0.15) is 14.5 Å². The SMILES string of the molecule is BCC(=O)NC(COSC)OC(C)C. The van der Waals surface area contributed by atoms with Gasteiger partial charge in [0.05, 0.1) is 6.10 Å². The molecule has 1 amide bonds. The summed E-state index contributed by atoms with van der Waals surface area (Å²) in [4.78, 5) is 11.1. The Morgan fingerprint density at radius 2 is 2.21 bits per heavy atom. The topological polar surface area (TPSA) is 47.6 Å². The van der Waals surface area contributed by atoms with E-state index in [4.69, 9.17) is 8.92 Å². The summed E-state index contributed by atoms with van der Waals surface area (Å²) < 4.78 is 10.6. The molecule has 0 aromatic heterocycles. The molecule has 0 saturated carbocycles. The summed E-state index contributed by atoms with van der Waals surface area (Å²) in [5.41, 5.74) is 0. The molecule has 0 aliphatic rings. The maximum atomic E-state index is 11.1. The van der Waals surface area contributed by atoms with E-state index in [0.29, 0.717) is 12.9 Å². The van der Waals surface area contributed by atoms with Crippen molar-refractivity contribution in [3.8, 4) is 0 Å². The predicted octanol–water partition coefficient (Wildman–Crippen LogP) is 0.200. The van der Waals surface area contributed by atoms with Crippen molar-refractivity contribution in [1.29, 1.82) is 0 Å². The lowest BCUT2D eigenvalue weighted by Gasteiger charge is -2.20. The van der Waals surface area contributed by atoms with Crippen molar-refractivity contribution in [2.75, 3.05) is 12.9 Å². The lowest BCUT2D eigenvalue weighted by atomic mass is 10.1. The number of carbonyl (C=O) groups is 1. The Kier molecular flexibility index (Phi) is 8.03. The molecule has 1 atom stereocenters. The van der Waals surface area contributed by atoms with Gasteiger partial charge >= 0.3 is 0 Å². The van der Waals surface area contributed by atoms with Gasteiger partial charge in [0.15, 0.2) is 6.23 Å². The molecule has 4 nitrogen and oxygen atoms in total. The largest absolute Gasteiger partial charge is 0.353 e. The normalized spacial score (nSPS) is 12.9. The van der Waals surface area contributed by atoms with Crippen LogP contribution in [0.3, 0.4) is 0 Å². The quantitative estimate of drug-likeness (QED) is 0.377. The smallest absolute Gasteiger partial charge is 0.214 e. The van der Waals surface area contributed by atoms with Crippen LogP contribution >= 0.6 is 12.0 Å². The van der Waals surface area contributed by atoms with Crippen molar-refractivity contribution in [2.45, 2.75) is 32.5 Å². The predicted molar refractivity (Wildman–Crippen MR) is 61.0 cm³/mol. The van der Waals surface area contributed by atoms with Gasteiger partial charge in [0, 0.05) is 6.26 Å². The highest BCUT2D eigenvalue weighted by atomic mass is 32.2. The van der Waals surface area contributed by atoms with Gasteiger partial charge in [-0.25, -0.2) is 0 Å². The second-order valence-electron chi connectivity index (χ2n) is 3.05. The number of rotatable bonds is 7. The Labute approximate surface area is 90.7 Å². The Bertz CT molecular complexity index is 169. The maximum Gasteiger partial charge on any atom is 0.214 e. The first kappa shape index (κ1) is 13.8. The van der Waals surface area contributed by atoms with Crippen LogP contribution in [0.25, 0.3) is 0 Å². The van der Waals surface area contributed by atoms with E-state index in [1.54, 1.807) is 7.85 Å². The average molecular weight is 219 g/mol. The van der Waals surface area contributed by atoms with Crippen LogP contribution in [0.5, 0.6) is 0 Å². The first-order valence-corrected chi connectivity index (χ1v) is 5.85. The van der Waals surface area contributed by atoms with Gasteiger partial charge in [-0.3, -0.25) is 4.79 Å². The zero-order valence-corrected chi connectivity index (χ0v) is 10.0. The van der Waals surface area contributed by atoms with Crippen LogP contribution in [0.15, 0.2) is 0 Å². The first-order chi connectivity index (χ1) is 6.60. The Balaban J connectivity index is 3.89. The minimum atomic E-state index is -0.352. The molecule has 0 fully saturated rings. The summed E-state index contributed by atoms with van der Waals surface area (Å²) in [6, 6.07) is 0. The van der Waals surface area contributed by atoms with E-state index in [2.05, 4.69) is 5.32 Å². The maximum absolute atomic E-state index is 11.1. The van der Waals surface area contributed by atoms with E-state index in [1.807, 2.05) is 20.1 Å². The van der Waals surface area contributed by atoms with Gasteiger partial charge in [-0.1, -0.05) is 0 Å². The average Bonchev–Trinajstić information content (AvgIpc) is 2.13. The van der Waals surface area contributed by atoms with Gasteiger partial charge in [0.25, 0.3) is 0 Å². The summed E-state index contributed by atoms with van der Waals surface area (Å²) in [6.07, 6.45) is 2.00. The van der Waals surface area contributed by atoms with E-state index in [1.165, 1.54) is 12.0 Å². The number of hydrogen-bond acceptors (Lipinski definition) is 4. The van der Waals surface area contributed by atoms with Crippen LogP contribution in [-0.2, 0) is 13.7 Å². The molecule has 0 saturated heterocycles. The molecule has 0 aromatic carbocycles. The van der Waals surface area contributed by atoms with Crippen molar-refractivity contribution >= 4 is 25.8 Å². The standard InChI is InChI=1S/C8H18BNO3S/c1-6(2)13-8(5-12-14-3)10-7(11)4-9/h6,8H,4-5,9H2,1-3H3,(H,10,11). The van der Waals surface area contributed by atoms with Crippen molar-refractivity contribution in [2.24, 2.45) is 0 Å². The van der Waals surface area contributed by atoms with Gasteiger partial charge in [-0.15, -0.1) is 0 Å². The molecule has 6 heteroatoms.